The number of carbonyl (C=O) groups excluding carboxylic acids is 2. The van der Waals surface area contributed by atoms with Gasteiger partial charge in [0.2, 0.25) is 0 Å². The molecule has 0 radical (unpaired) electrons. The summed E-state index contributed by atoms with van der Waals surface area (Å²) in [4.78, 5) is 32.1. The van der Waals surface area contributed by atoms with Gasteiger partial charge in [-0.2, -0.15) is 0 Å². The number of aliphatic hydroxyl groups excluding tert-OH is 1. The van der Waals surface area contributed by atoms with E-state index in [1.165, 1.54) is 19.1 Å². The minimum Gasteiger partial charge on any atom is -0.507 e. The number of hydrogen-bond acceptors (Lipinski definition) is 7. The van der Waals surface area contributed by atoms with Crippen LogP contribution in [0.15, 0.2) is 66.8 Å². The van der Waals surface area contributed by atoms with Crippen molar-refractivity contribution in [2.24, 2.45) is 0 Å². The maximum atomic E-state index is 13.3. The van der Waals surface area contributed by atoms with E-state index in [4.69, 9.17) is 14.2 Å². The van der Waals surface area contributed by atoms with Crippen molar-refractivity contribution in [3.05, 3.63) is 77.9 Å². The Morgan fingerprint density at radius 2 is 1.83 bits per heavy atom. The highest BCUT2D eigenvalue weighted by Crippen LogP contribution is 2.45. The number of aryl methyl sites for hydroxylation is 1. The van der Waals surface area contributed by atoms with E-state index in [9.17, 15) is 14.7 Å². The first-order valence-corrected chi connectivity index (χ1v) is 11.7. The van der Waals surface area contributed by atoms with Crippen LogP contribution in [0.5, 0.6) is 17.2 Å². The number of carbonyl (C=O) groups is 2. The highest BCUT2D eigenvalue weighted by molar-refractivity contribution is 6.46. The van der Waals surface area contributed by atoms with Crippen molar-refractivity contribution in [3.8, 4) is 17.2 Å². The Hall–Kier alpha value is -4.27. The summed E-state index contributed by atoms with van der Waals surface area (Å²) in [6.45, 7) is 3.28. The number of Topliss-reactive ketones (excluding diaryl/α,β-unsaturated/α-hetero) is 1. The lowest BCUT2D eigenvalue weighted by Crippen LogP contribution is -2.31. The van der Waals surface area contributed by atoms with Gasteiger partial charge < -0.3 is 28.8 Å². The fourth-order valence-corrected chi connectivity index (χ4v) is 4.44. The summed E-state index contributed by atoms with van der Waals surface area (Å²) in [5, 5.41) is 11.3. The van der Waals surface area contributed by atoms with E-state index in [2.05, 4.69) is 4.98 Å². The minimum atomic E-state index is -0.857. The lowest BCUT2D eigenvalue weighted by atomic mass is 9.94. The zero-order valence-corrected chi connectivity index (χ0v) is 20.5. The highest BCUT2D eigenvalue weighted by Gasteiger charge is 2.47. The quantitative estimate of drug-likeness (QED) is 0.261. The molecule has 0 saturated carbocycles. The smallest absolute Gasteiger partial charge is 0.295 e. The Labute approximate surface area is 209 Å². The van der Waals surface area contributed by atoms with E-state index in [0.29, 0.717) is 47.9 Å². The second-order valence-electron chi connectivity index (χ2n) is 8.19. The van der Waals surface area contributed by atoms with Crippen LogP contribution in [0.4, 0.5) is 0 Å². The van der Waals surface area contributed by atoms with Gasteiger partial charge in [-0.15, -0.1) is 0 Å². The molecule has 1 saturated heterocycles. The number of para-hydroxylation sites is 1. The van der Waals surface area contributed by atoms with Gasteiger partial charge in [0.1, 0.15) is 11.5 Å². The van der Waals surface area contributed by atoms with Crippen LogP contribution in [0.3, 0.4) is 0 Å². The minimum absolute atomic E-state index is 0.00153. The summed E-state index contributed by atoms with van der Waals surface area (Å²) in [5.41, 5.74) is 0.950. The molecule has 4 rings (SSSR count). The molecule has 1 aliphatic rings. The van der Waals surface area contributed by atoms with Gasteiger partial charge in [0.15, 0.2) is 11.5 Å². The Morgan fingerprint density at radius 1 is 1.06 bits per heavy atom. The molecule has 188 valence electrons. The van der Waals surface area contributed by atoms with E-state index in [1.54, 1.807) is 55.0 Å². The molecule has 0 aliphatic carbocycles. The summed E-state index contributed by atoms with van der Waals surface area (Å²) >= 11 is 0. The van der Waals surface area contributed by atoms with Crippen molar-refractivity contribution in [2.45, 2.75) is 25.9 Å². The van der Waals surface area contributed by atoms with Crippen LogP contribution in [-0.4, -0.2) is 58.6 Å². The number of aromatic nitrogens is 2. The van der Waals surface area contributed by atoms with E-state index in [0.717, 1.165) is 0 Å². The largest absolute Gasteiger partial charge is 0.507 e. The number of nitrogens with zero attached hydrogens (tertiary/aromatic N) is 3. The third-order valence-corrected chi connectivity index (χ3v) is 6.08. The number of aliphatic hydroxyl groups is 1. The number of ether oxygens (including phenoxy) is 3. The van der Waals surface area contributed by atoms with E-state index in [1.807, 2.05) is 17.7 Å². The van der Waals surface area contributed by atoms with Gasteiger partial charge in [0.25, 0.3) is 11.7 Å². The average molecular weight is 492 g/mol. The number of imidazole rings is 1. The van der Waals surface area contributed by atoms with Crippen molar-refractivity contribution in [2.75, 3.05) is 27.4 Å². The molecule has 1 amide bonds. The van der Waals surface area contributed by atoms with Crippen LogP contribution in [0.2, 0.25) is 0 Å². The van der Waals surface area contributed by atoms with Crippen molar-refractivity contribution in [3.63, 3.8) is 0 Å². The predicted octanol–water partition coefficient (Wildman–Crippen LogP) is 3.81. The molecule has 1 atom stereocenters. The molecular weight excluding hydrogens is 462 g/mol. The van der Waals surface area contributed by atoms with E-state index in [-0.39, 0.29) is 17.9 Å². The third kappa shape index (κ3) is 4.77. The van der Waals surface area contributed by atoms with Gasteiger partial charge in [-0.05, 0) is 43.7 Å². The molecule has 2 heterocycles. The SMILES string of the molecule is CCOc1ccc(C(O)=C2C(=O)C(=O)N(CCCn3ccnc3)[C@H]2c2cccc(OC)c2OC)cc1. The van der Waals surface area contributed by atoms with Crippen molar-refractivity contribution >= 4 is 17.4 Å². The van der Waals surface area contributed by atoms with Crippen LogP contribution < -0.4 is 14.2 Å². The molecule has 0 bridgehead atoms. The maximum Gasteiger partial charge on any atom is 0.295 e. The van der Waals surface area contributed by atoms with Crippen LogP contribution in [0.25, 0.3) is 5.76 Å². The Balaban J connectivity index is 1.79. The van der Waals surface area contributed by atoms with Crippen LogP contribution in [-0.2, 0) is 16.1 Å². The fraction of sp³-hybridized carbons (Fsp3) is 0.296. The second kappa shape index (κ2) is 11.0. The lowest BCUT2D eigenvalue weighted by molar-refractivity contribution is -0.140. The number of rotatable bonds is 10. The van der Waals surface area contributed by atoms with Crippen molar-refractivity contribution in [1.82, 2.24) is 14.5 Å². The Morgan fingerprint density at radius 3 is 2.47 bits per heavy atom. The van der Waals surface area contributed by atoms with Gasteiger partial charge in [-0.1, -0.05) is 12.1 Å². The van der Waals surface area contributed by atoms with Gasteiger partial charge >= 0.3 is 0 Å². The lowest BCUT2D eigenvalue weighted by Gasteiger charge is -2.27. The van der Waals surface area contributed by atoms with Gasteiger partial charge in [-0.25, -0.2) is 4.98 Å². The zero-order chi connectivity index (χ0) is 25.7. The van der Waals surface area contributed by atoms with Crippen molar-refractivity contribution < 1.29 is 28.9 Å². The first-order valence-electron chi connectivity index (χ1n) is 11.7. The first kappa shape index (κ1) is 24.8. The summed E-state index contributed by atoms with van der Waals surface area (Å²) in [6, 6.07) is 11.1. The molecular formula is C27H29N3O6. The number of methoxy groups -OCH3 is 2. The molecule has 0 unspecified atom stereocenters. The molecule has 2 aromatic carbocycles. The topological polar surface area (TPSA) is 103 Å². The predicted molar refractivity (Wildman–Crippen MR) is 133 cm³/mol. The summed E-state index contributed by atoms with van der Waals surface area (Å²) in [5.74, 6) is -0.200. The molecule has 9 heteroatoms. The Kier molecular flexibility index (Phi) is 7.58. The number of ketones is 1. The van der Waals surface area contributed by atoms with E-state index >= 15 is 0 Å². The summed E-state index contributed by atoms with van der Waals surface area (Å²) in [7, 11) is 3.02. The summed E-state index contributed by atoms with van der Waals surface area (Å²) < 4.78 is 18.5. The standard InChI is InChI=1S/C27H29N3O6/c1-4-36-19-11-9-18(10-12-19)24(31)22-23(20-7-5-8-21(34-2)26(20)35-3)30(27(33)25(22)32)15-6-14-29-16-13-28-17-29/h5,7-13,16-17,23,31H,4,6,14-15H2,1-3H3/t23-/m0/s1. The number of likely N-dealkylation sites (tertiary alicyclic amines) is 1. The van der Waals surface area contributed by atoms with Crippen LogP contribution in [0, 0.1) is 0 Å². The molecule has 3 aromatic rings. The number of benzene rings is 2. The summed E-state index contributed by atoms with van der Waals surface area (Å²) in [6.07, 6.45) is 5.80. The van der Waals surface area contributed by atoms with Gasteiger partial charge in [0, 0.05) is 36.6 Å². The monoisotopic (exact) mass is 491 g/mol. The Bertz CT molecular complexity index is 1250. The third-order valence-electron chi connectivity index (χ3n) is 6.08. The van der Waals surface area contributed by atoms with E-state index < -0.39 is 17.7 Å². The first-order chi connectivity index (χ1) is 17.5. The molecule has 1 aromatic heterocycles. The molecule has 1 aliphatic heterocycles. The van der Waals surface area contributed by atoms with Gasteiger partial charge in [-0.3, -0.25) is 9.59 Å². The number of amides is 1. The fourth-order valence-electron chi connectivity index (χ4n) is 4.44. The highest BCUT2D eigenvalue weighted by atomic mass is 16.5. The average Bonchev–Trinajstić information content (AvgIpc) is 3.50. The number of hydrogen-bond donors (Lipinski definition) is 1. The van der Waals surface area contributed by atoms with Crippen molar-refractivity contribution in [1.29, 1.82) is 0 Å². The van der Waals surface area contributed by atoms with Gasteiger partial charge in [0.05, 0.1) is 38.8 Å². The van der Waals surface area contributed by atoms with Crippen LogP contribution >= 0.6 is 0 Å². The normalized spacial score (nSPS) is 16.9. The molecule has 9 nitrogen and oxygen atoms in total. The second-order valence-corrected chi connectivity index (χ2v) is 8.19. The molecule has 1 fully saturated rings. The van der Waals surface area contributed by atoms with Crippen LogP contribution in [0.1, 0.15) is 30.5 Å². The molecule has 1 N–H and O–H groups in total. The zero-order valence-electron chi connectivity index (χ0n) is 20.5. The maximum absolute atomic E-state index is 13.3. The molecule has 36 heavy (non-hydrogen) atoms. The molecule has 0 spiro atoms.